The fourth-order valence-electron chi connectivity index (χ4n) is 1.84. The number of nitrogens with one attached hydrogen (secondary N) is 2. The third-order valence-corrected chi connectivity index (χ3v) is 3.66. The molecule has 6 heteroatoms. The maximum absolute atomic E-state index is 13.5. The van der Waals surface area contributed by atoms with E-state index in [4.69, 9.17) is 4.42 Å². The van der Waals surface area contributed by atoms with E-state index in [1.807, 2.05) is 6.92 Å². The highest BCUT2D eigenvalue weighted by Crippen LogP contribution is 2.24. The lowest BCUT2D eigenvalue weighted by Gasteiger charge is -2.17. The lowest BCUT2D eigenvalue weighted by atomic mass is 10.1. The van der Waals surface area contributed by atoms with Crippen LogP contribution in [-0.4, -0.2) is 11.9 Å². The molecule has 1 amide bonds. The summed E-state index contributed by atoms with van der Waals surface area (Å²) >= 11 is 3.13. The first kappa shape index (κ1) is 15.6. The summed E-state index contributed by atoms with van der Waals surface area (Å²) in [4.78, 5) is 12.0. The summed E-state index contributed by atoms with van der Waals surface area (Å²) in [5.74, 6) is 0.127. The van der Waals surface area contributed by atoms with E-state index in [1.54, 1.807) is 31.4 Å². The minimum absolute atomic E-state index is 0.186. The fourth-order valence-corrected chi connectivity index (χ4v) is 2.30. The fraction of sp³-hybridized carbons (Fsp3) is 0.267. The molecule has 21 heavy (non-hydrogen) atoms. The lowest BCUT2D eigenvalue weighted by molar-refractivity contribution is -0.121. The molecular formula is C15H16BrFN2O2. The number of hydrogen-bond donors (Lipinski definition) is 2. The summed E-state index contributed by atoms with van der Waals surface area (Å²) in [6.07, 6.45) is 1.55. The Bertz CT molecular complexity index is 629. The minimum Gasteiger partial charge on any atom is -0.467 e. The van der Waals surface area contributed by atoms with E-state index in [1.165, 1.54) is 6.07 Å². The molecule has 0 aliphatic rings. The van der Waals surface area contributed by atoms with Crippen LogP contribution in [0.2, 0.25) is 0 Å². The van der Waals surface area contributed by atoms with Crippen molar-refractivity contribution in [3.05, 3.63) is 52.1 Å². The van der Waals surface area contributed by atoms with Gasteiger partial charge in [-0.1, -0.05) is 0 Å². The quantitative estimate of drug-likeness (QED) is 0.862. The predicted octanol–water partition coefficient (Wildman–Crippen LogP) is 3.61. The Morgan fingerprint density at radius 1 is 1.48 bits per heavy atom. The Morgan fingerprint density at radius 3 is 2.90 bits per heavy atom. The number of furan rings is 1. The molecule has 4 nitrogen and oxygen atoms in total. The number of amides is 1. The second-order valence-corrected chi connectivity index (χ2v) is 5.60. The molecule has 0 radical (unpaired) electrons. The number of halogens is 2. The van der Waals surface area contributed by atoms with Crippen LogP contribution < -0.4 is 10.6 Å². The predicted molar refractivity (Wildman–Crippen MR) is 82.5 cm³/mol. The summed E-state index contributed by atoms with van der Waals surface area (Å²) < 4.78 is 19.1. The maximum atomic E-state index is 13.5. The van der Waals surface area contributed by atoms with E-state index in [9.17, 15) is 9.18 Å². The molecular weight excluding hydrogens is 339 g/mol. The van der Waals surface area contributed by atoms with E-state index in [2.05, 4.69) is 26.6 Å². The Labute approximate surface area is 130 Å². The van der Waals surface area contributed by atoms with Crippen molar-refractivity contribution >= 4 is 27.5 Å². The topological polar surface area (TPSA) is 54.3 Å². The molecule has 0 bridgehead atoms. The van der Waals surface area contributed by atoms with Crippen molar-refractivity contribution in [1.82, 2.24) is 5.32 Å². The number of carbonyl (C=O) groups excluding carboxylic acids is 1. The van der Waals surface area contributed by atoms with Gasteiger partial charge in [-0.2, -0.15) is 0 Å². The van der Waals surface area contributed by atoms with E-state index in [0.717, 1.165) is 5.56 Å². The molecule has 0 fully saturated rings. The zero-order valence-electron chi connectivity index (χ0n) is 11.7. The smallest absolute Gasteiger partial charge is 0.242 e. The monoisotopic (exact) mass is 354 g/mol. The van der Waals surface area contributed by atoms with Crippen molar-refractivity contribution < 1.29 is 13.6 Å². The minimum atomic E-state index is -0.487. The molecule has 0 spiro atoms. The summed E-state index contributed by atoms with van der Waals surface area (Å²) in [6, 6.07) is 6.10. The molecule has 1 aromatic carbocycles. The summed E-state index contributed by atoms with van der Waals surface area (Å²) in [5, 5.41) is 5.76. The van der Waals surface area contributed by atoms with Crippen LogP contribution in [-0.2, 0) is 11.3 Å². The average Bonchev–Trinajstić information content (AvgIpc) is 2.95. The van der Waals surface area contributed by atoms with Crippen LogP contribution in [0.15, 0.2) is 39.4 Å². The van der Waals surface area contributed by atoms with Gasteiger partial charge >= 0.3 is 0 Å². The zero-order valence-corrected chi connectivity index (χ0v) is 13.3. The van der Waals surface area contributed by atoms with Gasteiger partial charge in [0, 0.05) is 5.69 Å². The third-order valence-electron chi connectivity index (χ3n) is 3.05. The van der Waals surface area contributed by atoms with Gasteiger partial charge in [-0.05, 0) is 59.6 Å². The first-order valence-electron chi connectivity index (χ1n) is 6.49. The maximum Gasteiger partial charge on any atom is 0.242 e. The van der Waals surface area contributed by atoms with Gasteiger partial charge in [0.25, 0.3) is 0 Å². The van der Waals surface area contributed by atoms with Gasteiger partial charge in [0.05, 0.1) is 17.3 Å². The highest BCUT2D eigenvalue weighted by Gasteiger charge is 2.15. The van der Waals surface area contributed by atoms with Gasteiger partial charge in [0.15, 0.2) is 0 Å². The van der Waals surface area contributed by atoms with Crippen molar-refractivity contribution in [1.29, 1.82) is 0 Å². The molecule has 0 aliphatic heterocycles. The molecule has 1 atom stereocenters. The van der Waals surface area contributed by atoms with Crippen LogP contribution in [0.4, 0.5) is 10.1 Å². The largest absolute Gasteiger partial charge is 0.467 e. The normalized spacial score (nSPS) is 12.0. The van der Waals surface area contributed by atoms with Crippen LogP contribution >= 0.6 is 15.9 Å². The van der Waals surface area contributed by atoms with Crippen molar-refractivity contribution in [2.24, 2.45) is 0 Å². The molecule has 1 aromatic heterocycles. The Morgan fingerprint density at radius 2 is 2.24 bits per heavy atom. The standard InChI is InChI=1S/C15H16BrFN2O2/c1-9-6-12(16)13(17)7-14(9)19-10(2)15(20)18-8-11-4-3-5-21-11/h3-7,10,19H,8H2,1-2H3,(H,18,20). The molecule has 1 unspecified atom stereocenters. The zero-order chi connectivity index (χ0) is 15.4. The molecule has 0 saturated carbocycles. The number of hydrogen-bond acceptors (Lipinski definition) is 3. The van der Waals surface area contributed by atoms with Crippen LogP contribution in [0.3, 0.4) is 0 Å². The Hall–Kier alpha value is -1.82. The summed E-state index contributed by atoms with van der Waals surface area (Å²) in [6.45, 7) is 3.89. The molecule has 1 heterocycles. The van der Waals surface area contributed by atoms with Gasteiger partial charge in [-0.25, -0.2) is 4.39 Å². The van der Waals surface area contributed by atoms with Crippen LogP contribution in [0, 0.1) is 12.7 Å². The van der Waals surface area contributed by atoms with Gasteiger partial charge in [-0.15, -0.1) is 0 Å². The number of benzene rings is 1. The number of aryl methyl sites for hydroxylation is 1. The second-order valence-electron chi connectivity index (χ2n) is 4.74. The Balaban J connectivity index is 1.95. The van der Waals surface area contributed by atoms with Crippen molar-refractivity contribution in [3.8, 4) is 0 Å². The van der Waals surface area contributed by atoms with E-state index in [-0.39, 0.29) is 11.7 Å². The van der Waals surface area contributed by atoms with Crippen molar-refractivity contribution in [2.45, 2.75) is 26.4 Å². The van der Waals surface area contributed by atoms with Crippen molar-refractivity contribution in [2.75, 3.05) is 5.32 Å². The Kier molecular flexibility index (Phi) is 5.01. The molecule has 2 N–H and O–H groups in total. The summed E-state index contributed by atoms with van der Waals surface area (Å²) in [7, 11) is 0. The summed E-state index contributed by atoms with van der Waals surface area (Å²) in [5.41, 5.74) is 1.45. The molecule has 2 rings (SSSR count). The van der Waals surface area contributed by atoms with E-state index < -0.39 is 6.04 Å². The van der Waals surface area contributed by atoms with Gasteiger partial charge < -0.3 is 15.1 Å². The van der Waals surface area contributed by atoms with E-state index in [0.29, 0.717) is 22.5 Å². The highest BCUT2D eigenvalue weighted by molar-refractivity contribution is 9.10. The second kappa shape index (κ2) is 6.76. The number of carbonyl (C=O) groups is 1. The molecule has 2 aromatic rings. The van der Waals surface area contributed by atoms with Gasteiger partial charge in [0.2, 0.25) is 5.91 Å². The van der Waals surface area contributed by atoms with Crippen LogP contribution in [0.25, 0.3) is 0 Å². The molecule has 0 saturated heterocycles. The number of rotatable bonds is 5. The first-order chi connectivity index (χ1) is 9.97. The SMILES string of the molecule is Cc1cc(Br)c(F)cc1NC(C)C(=O)NCc1ccco1. The van der Waals surface area contributed by atoms with Crippen molar-refractivity contribution in [3.63, 3.8) is 0 Å². The number of anilines is 1. The van der Waals surface area contributed by atoms with Crippen LogP contribution in [0.1, 0.15) is 18.2 Å². The lowest BCUT2D eigenvalue weighted by Crippen LogP contribution is -2.37. The highest BCUT2D eigenvalue weighted by atomic mass is 79.9. The molecule has 112 valence electrons. The van der Waals surface area contributed by atoms with Gasteiger partial charge in [-0.3, -0.25) is 4.79 Å². The third kappa shape index (κ3) is 4.07. The molecule has 0 aliphatic carbocycles. The van der Waals surface area contributed by atoms with Crippen LogP contribution in [0.5, 0.6) is 0 Å². The van der Waals surface area contributed by atoms with E-state index >= 15 is 0 Å². The average molecular weight is 355 g/mol. The van der Waals surface area contributed by atoms with Gasteiger partial charge in [0.1, 0.15) is 17.6 Å². The first-order valence-corrected chi connectivity index (χ1v) is 7.29.